The summed E-state index contributed by atoms with van der Waals surface area (Å²) >= 11 is 12.7. The summed E-state index contributed by atoms with van der Waals surface area (Å²) in [5.41, 5.74) is -0.151. The van der Waals surface area contributed by atoms with E-state index in [9.17, 15) is 19.5 Å². The second-order valence-corrected chi connectivity index (χ2v) is 7.39. The monoisotopic (exact) mass is 399 g/mol. The number of hydrogen-bond donors (Lipinski definition) is 2. The molecule has 0 unspecified atom stereocenters. The van der Waals surface area contributed by atoms with Crippen molar-refractivity contribution in [2.75, 3.05) is 4.90 Å². The number of halogens is 2. The Bertz CT molecular complexity index is 927. The van der Waals surface area contributed by atoms with Gasteiger partial charge in [-0.05, 0) is 25.1 Å². The Labute approximate surface area is 156 Å². The van der Waals surface area contributed by atoms with Crippen LogP contribution < -0.4 is 10.5 Å². The number of anilines is 1. The van der Waals surface area contributed by atoms with Gasteiger partial charge in [0, 0.05) is 16.5 Å². The number of benzene rings is 1. The summed E-state index contributed by atoms with van der Waals surface area (Å²) in [6.07, 6.45) is -0.0774. The zero-order valence-corrected chi connectivity index (χ0v) is 15.1. The Morgan fingerprint density at radius 2 is 1.88 bits per heavy atom. The van der Waals surface area contributed by atoms with Gasteiger partial charge in [0.05, 0.1) is 11.3 Å². The smallest absolute Gasteiger partial charge is 0.258 e. The third kappa shape index (κ3) is 3.51. The molecule has 1 saturated heterocycles. The number of nitrogens with zero attached hydrogens (tertiary/aromatic N) is 2. The highest BCUT2D eigenvalue weighted by molar-refractivity contribution is 8.00. The molecule has 0 radical (unpaired) electrons. The molecular formula is C15H11Cl2N3O4S. The first-order valence-corrected chi connectivity index (χ1v) is 8.69. The second kappa shape index (κ2) is 6.70. The molecule has 1 aliphatic rings. The predicted octanol–water partition coefficient (Wildman–Crippen LogP) is 2.51. The Hall–Kier alpha value is -2.03. The highest BCUT2D eigenvalue weighted by Gasteiger charge is 2.41. The lowest BCUT2D eigenvalue weighted by molar-refractivity contribution is -0.121. The number of rotatable bonds is 3. The molecule has 0 bridgehead atoms. The molecule has 0 aliphatic carbocycles. The molecule has 2 aromatic rings. The summed E-state index contributed by atoms with van der Waals surface area (Å²) in [5, 5.41) is 9.51. The summed E-state index contributed by atoms with van der Waals surface area (Å²) in [6, 6.07) is 4.43. The third-order valence-corrected chi connectivity index (χ3v) is 5.07. The first-order valence-electron chi connectivity index (χ1n) is 7.05. The van der Waals surface area contributed by atoms with Crippen molar-refractivity contribution in [2.45, 2.75) is 23.8 Å². The average Bonchev–Trinajstić information content (AvgIpc) is 2.78. The third-order valence-electron chi connectivity index (χ3n) is 3.57. The Morgan fingerprint density at radius 1 is 1.24 bits per heavy atom. The van der Waals surface area contributed by atoms with Gasteiger partial charge in [0.15, 0.2) is 5.16 Å². The number of nitrogens with one attached hydrogen (secondary N) is 1. The van der Waals surface area contributed by atoms with Crippen LogP contribution in [0.2, 0.25) is 10.0 Å². The van der Waals surface area contributed by atoms with Crippen molar-refractivity contribution >= 4 is 52.5 Å². The number of H-pyrrole nitrogens is 1. The highest BCUT2D eigenvalue weighted by Crippen LogP contribution is 2.34. The van der Waals surface area contributed by atoms with Crippen LogP contribution in [0.3, 0.4) is 0 Å². The molecule has 1 atom stereocenters. The number of amides is 2. The van der Waals surface area contributed by atoms with Crippen LogP contribution in [0.4, 0.5) is 5.69 Å². The van der Waals surface area contributed by atoms with E-state index >= 15 is 0 Å². The van der Waals surface area contributed by atoms with Crippen LogP contribution >= 0.6 is 35.0 Å². The molecule has 2 heterocycles. The van der Waals surface area contributed by atoms with E-state index in [1.54, 1.807) is 0 Å². The molecular weight excluding hydrogens is 389 g/mol. The number of aromatic nitrogens is 2. The summed E-state index contributed by atoms with van der Waals surface area (Å²) in [5.74, 6) is -1.31. The topological polar surface area (TPSA) is 103 Å². The first-order chi connectivity index (χ1) is 11.8. The molecule has 7 nitrogen and oxygen atoms in total. The van der Waals surface area contributed by atoms with Crippen molar-refractivity contribution in [3.8, 4) is 5.88 Å². The van der Waals surface area contributed by atoms with Crippen LogP contribution in [0.25, 0.3) is 0 Å². The van der Waals surface area contributed by atoms with E-state index in [1.165, 1.54) is 25.1 Å². The number of hydrogen-bond acceptors (Lipinski definition) is 6. The maximum Gasteiger partial charge on any atom is 0.258 e. The van der Waals surface area contributed by atoms with E-state index in [1.807, 2.05) is 0 Å². The van der Waals surface area contributed by atoms with E-state index < -0.39 is 28.5 Å². The first kappa shape index (κ1) is 17.8. The summed E-state index contributed by atoms with van der Waals surface area (Å²) in [7, 11) is 0. The van der Waals surface area contributed by atoms with E-state index in [4.69, 9.17) is 23.2 Å². The second-order valence-electron chi connectivity index (χ2n) is 5.33. The van der Waals surface area contributed by atoms with E-state index in [-0.39, 0.29) is 22.8 Å². The number of aromatic hydroxyl groups is 1. The molecule has 1 fully saturated rings. The van der Waals surface area contributed by atoms with Gasteiger partial charge in [-0.2, -0.15) is 4.98 Å². The minimum absolute atomic E-state index is 0.0604. The van der Waals surface area contributed by atoms with Crippen molar-refractivity contribution in [1.82, 2.24) is 9.97 Å². The number of aromatic amines is 1. The largest absolute Gasteiger partial charge is 0.493 e. The molecule has 25 heavy (non-hydrogen) atoms. The number of carbonyl (C=O) groups excluding carboxylic acids is 2. The van der Waals surface area contributed by atoms with Gasteiger partial charge in [0.1, 0.15) is 5.25 Å². The maximum atomic E-state index is 12.6. The van der Waals surface area contributed by atoms with Crippen LogP contribution in [-0.4, -0.2) is 32.1 Å². The van der Waals surface area contributed by atoms with Crippen molar-refractivity contribution in [1.29, 1.82) is 0 Å². The molecule has 10 heteroatoms. The lowest BCUT2D eigenvalue weighted by Crippen LogP contribution is -2.31. The van der Waals surface area contributed by atoms with E-state index in [0.717, 1.165) is 16.7 Å². The van der Waals surface area contributed by atoms with Gasteiger partial charge in [-0.15, -0.1) is 0 Å². The zero-order chi connectivity index (χ0) is 18.3. The van der Waals surface area contributed by atoms with Crippen LogP contribution in [0.15, 0.2) is 28.2 Å². The SMILES string of the molecule is Cc1c(O)nc(S[C@H]2CC(=O)N(c3cc(Cl)cc(Cl)c3)C2=O)[nH]c1=O. The summed E-state index contributed by atoms with van der Waals surface area (Å²) in [4.78, 5) is 43.8. The normalized spacial score (nSPS) is 17.4. The van der Waals surface area contributed by atoms with Crippen molar-refractivity contribution in [2.24, 2.45) is 0 Å². The molecule has 2 N–H and O–H groups in total. The molecule has 2 amide bonds. The summed E-state index contributed by atoms with van der Waals surface area (Å²) < 4.78 is 0. The van der Waals surface area contributed by atoms with Gasteiger partial charge < -0.3 is 10.1 Å². The van der Waals surface area contributed by atoms with E-state index in [0.29, 0.717) is 10.0 Å². The molecule has 1 aromatic carbocycles. The highest BCUT2D eigenvalue weighted by atomic mass is 35.5. The van der Waals surface area contributed by atoms with Crippen molar-refractivity contribution in [3.63, 3.8) is 0 Å². The fourth-order valence-corrected chi connectivity index (χ4v) is 3.83. The molecule has 3 rings (SSSR count). The quantitative estimate of drug-likeness (QED) is 0.606. The minimum atomic E-state index is -0.782. The van der Waals surface area contributed by atoms with Gasteiger partial charge in [0.25, 0.3) is 5.56 Å². The van der Waals surface area contributed by atoms with Crippen LogP contribution in [0.1, 0.15) is 12.0 Å². The average molecular weight is 400 g/mol. The molecule has 1 aromatic heterocycles. The lowest BCUT2D eigenvalue weighted by Gasteiger charge is -2.15. The van der Waals surface area contributed by atoms with Crippen LogP contribution in [0.5, 0.6) is 5.88 Å². The lowest BCUT2D eigenvalue weighted by atomic mass is 10.3. The number of thioether (sulfide) groups is 1. The Morgan fingerprint density at radius 3 is 2.48 bits per heavy atom. The predicted molar refractivity (Wildman–Crippen MR) is 94.5 cm³/mol. The fourth-order valence-electron chi connectivity index (χ4n) is 2.33. The number of carbonyl (C=O) groups is 2. The van der Waals surface area contributed by atoms with Gasteiger partial charge >= 0.3 is 0 Å². The Kier molecular flexibility index (Phi) is 4.77. The van der Waals surface area contributed by atoms with Gasteiger partial charge in [0.2, 0.25) is 17.7 Å². The Balaban J connectivity index is 1.88. The number of imide groups is 1. The summed E-state index contributed by atoms with van der Waals surface area (Å²) in [6.45, 7) is 1.42. The molecule has 1 aliphatic heterocycles. The van der Waals surface area contributed by atoms with Gasteiger partial charge in [-0.3, -0.25) is 14.4 Å². The molecule has 130 valence electrons. The van der Waals surface area contributed by atoms with Gasteiger partial charge in [-0.25, -0.2) is 4.90 Å². The van der Waals surface area contributed by atoms with Crippen molar-refractivity contribution < 1.29 is 14.7 Å². The maximum absolute atomic E-state index is 12.6. The standard InChI is InChI=1S/C15H11Cl2N3O4S/c1-6-12(22)18-15(19-13(6)23)25-10-5-11(21)20(14(10)24)9-3-7(16)2-8(17)4-9/h2-4,10H,5H2,1H3,(H2,18,19,22,23)/t10-/m0/s1. The van der Waals surface area contributed by atoms with E-state index in [2.05, 4.69) is 9.97 Å². The van der Waals surface area contributed by atoms with Crippen LogP contribution in [0, 0.1) is 6.92 Å². The minimum Gasteiger partial charge on any atom is -0.493 e. The molecule has 0 spiro atoms. The zero-order valence-electron chi connectivity index (χ0n) is 12.7. The van der Waals surface area contributed by atoms with Crippen molar-refractivity contribution in [3.05, 3.63) is 44.2 Å². The fraction of sp³-hybridized carbons (Fsp3) is 0.200. The van der Waals surface area contributed by atoms with Gasteiger partial charge in [-0.1, -0.05) is 35.0 Å². The van der Waals surface area contributed by atoms with Crippen LogP contribution in [-0.2, 0) is 9.59 Å². The molecule has 0 saturated carbocycles.